The van der Waals surface area contributed by atoms with Crippen molar-refractivity contribution in [1.29, 1.82) is 0 Å². The van der Waals surface area contributed by atoms with Crippen molar-refractivity contribution in [2.45, 2.75) is 89.1 Å². The maximum absolute atomic E-state index is 14.5. The summed E-state index contributed by atoms with van der Waals surface area (Å²) in [6.45, 7) is 10.3. The molecule has 11 nitrogen and oxygen atoms in total. The third-order valence-corrected chi connectivity index (χ3v) is 10.5. The van der Waals surface area contributed by atoms with Crippen LogP contribution in [0.4, 0.5) is 0 Å². The van der Waals surface area contributed by atoms with Crippen LogP contribution in [-0.4, -0.2) is 82.9 Å². The minimum Gasteiger partial charge on any atom is -0.508 e. The van der Waals surface area contributed by atoms with E-state index >= 15 is 0 Å². The number of aromatic hydroxyl groups is 1. The summed E-state index contributed by atoms with van der Waals surface area (Å²) < 4.78 is 25.1. The molecule has 51 heavy (non-hydrogen) atoms. The molecule has 0 radical (unpaired) electrons. The van der Waals surface area contributed by atoms with Crippen LogP contribution in [-0.2, 0) is 9.57 Å². The lowest BCUT2D eigenvalue weighted by Gasteiger charge is -2.59. The van der Waals surface area contributed by atoms with Crippen LogP contribution in [0, 0.1) is 17.8 Å². The normalized spacial score (nSPS) is 26.8. The predicted molar refractivity (Wildman–Crippen MR) is 192 cm³/mol. The Labute approximate surface area is 300 Å². The Balaban J connectivity index is 1.55. The smallest absolute Gasteiger partial charge is 0.254 e. The summed E-state index contributed by atoms with van der Waals surface area (Å²) in [5.41, 5.74) is 2.37. The minimum absolute atomic E-state index is 0.0681. The average Bonchev–Trinajstić information content (AvgIpc) is 3.59. The molecule has 6 rings (SSSR count). The molecule has 0 aromatic heterocycles. The van der Waals surface area contributed by atoms with E-state index in [1.54, 1.807) is 54.4 Å². The first-order valence-corrected chi connectivity index (χ1v) is 18.1. The molecule has 0 saturated heterocycles. The topological polar surface area (TPSA) is 140 Å². The van der Waals surface area contributed by atoms with E-state index in [0.29, 0.717) is 41.4 Å². The van der Waals surface area contributed by atoms with E-state index in [0.717, 1.165) is 36.8 Å². The van der Waals surface area contributed by atoms with Crippen LogP contribution in [0.3, 0.4) is 0 Å². The fourth-order valence-corrected chi connectivity index (χ4v) is 8.30. The number of ether oxygens (including phenoxy) is 4. The van der Waals surface area contributed by atoms with Gasteiger partial charge in [0.05, 0.1) is 18.2 Å². The Morgan fingerprint density at radius 1 is 1.04 bits per heavy atom. The molecule has 2 heterocycles. The van der Waals surface area contributed by atoms with Gasteiger partial charge >= 0.3 is 0 Å². The second-order valence-electron chi connectivity index (χ2n) is 15.0. The summed E-state index contributed by atoms with van der Waals surface area (Å²) in [5.74, 6) is -0.309. The second kappa shape index (κ2) is 15.3. The van der Waals surface area contributed by atoms with E-state index in [-0.39, 0.29) is 62.4 Å². The van der Waals surface area contributed by atoms with E-state index in [1.165, 1.54) is 0 Å². The molecule has 1 amide bonds. The van der Waals surface area contributed by atoms with E-state index < -0.39 is 23.3 Å². The highest BCUT2D eigenvalue weighted by atomic mass is 16.7. The zero-order chi connectivity index (χ0) is 36.3. The van der Waals surface area contributed by atoms with Crippen LogP contribution in [0.2, 0.25) is 0 Å². The van der Waals surface area contributed by atoms with Crippen molar-refractivity contribution in [3.63, 3.8) is 0 Å². The highest BCUT2D eigenvalue weighted by Crippen LogP contribution is 2.61. The van der Waals surface area contributed by atoms with Crippen molar-refractivity contribution in [3.05, 3.63) is 71.8 Å². The monoisotopic (exact) mass is 704 g/mol. The number of aliphatic hydroxyl groups excluding tert-OH is 2. The summed E-state index contributed by atoms with van der Waals surface area (Å²) in [4.78, 5) is 22.3. The van der Waals surface area contributed by atoms with Crippen molar-refractivity contribution in [2.75, 3.05) is 33.7 Å². The number of benzene rings is 2. The number of likely N-dealkylation sites (N-methyl/N-ethyl adjacent to an activating group) is 1. The third kappa shape index (κ3) is 7.34. The lowest BCUT2D eigenvalue weighted by Crippen LogP contribution is -2.69. The maximum Gasteiger partial charge on any atom is 0.254 e. The molecule has 0 spiro atoms. The fraction of sp³-hybridized carbons (Fsp3) is 0.550. The Hall–Kier alpha value is -4.06. The highest BCUT2D eigenvalue weighted by Gasteiger charge is 2.65. The van der Waals surface area contributed by atoms with Gasteiger partial charge in [0.15, 0.2) is 11.5 Å². The van der Waals surface area contributed by atoms with Gasteiger partial charge in [-0.3, -0.25) is 4.79 Å². The van der Waals surface area contributed by atoms with E-state index in [2.05, 4.69) is 12.7 Å². The molecule has 0 unspecified atom stereocenters. The van der Waals surface area contributed by atoms with Gasteiger partial charge in [0.1, 0.15) is 23.1 Å². The number of aliphatic hydroxyl groups is 2. The molecule has 2 aromatic carbocycles. The van der Waals surface area contributed by atoms with E-state index in [1.807, 2.05) is 20.8 Å². The number of nitrogens with zero attached hydrogens (tertiary/aromatic N) is 2. The highest BCUT2D eigenvalue weighted by molar-refractivity contribution is 6.03. The summed E-state index contributed by atoms with van der Waals surface area (Å²) in [6, 6.07) is 9.68. The first-order valence-electron chi connectivity index (χ1n) is 18.1. The molecule has 11 heteroatoms. The summed E-state index contributed by atoms with van der Waals surface area (Å²) in [5, 5.41) is 35.2. The molecular weight excluding hydrogens is 652 g/mol. The zero-order valence-corrected chi connectivity index (χ0v) is 30.2. The Kier molecular flexibility index (Phi) is 11.0. The summed E-state index contributed by atoms with van der Waals surface area (Å²) in [6.07, 6.45) is 8.90. The molecule has 1 saturated carbocycles. The number of rotatable bonds is 14. The lowest BCUT2D eigenvalue weighted by atomic mass is 9.55. The number of fused-ring (bicyclic) bond motifs is 3. The van der Waals surface area contributed by atoms with Gasteiger partial charge in [-0.1, -0.05) is 30.1 Å². The zero-order valence-electron chi connectivity index (χ0n) is 30.2. The van der Waals surface area contributed by atoms with Crippen LogP contribution in [0.5, 0.6) is 23.0 Å². The van der Waals surface area contributed by atoms with Crippen molar-refractivity contribution in [2.24, 2.45) is 22.9 Å². The molecule has 3 N–H and O–H groups in total. The number of hydrogen-bond acceptors (Lipinski definition) is 10. The van der Waals surface area contributed by atoms with Gasteiger partial charge in [0, 0.05) is 43.7 Å². The number of carbonyl (C=O) groups excluding carboxylic acids is 1. The van der Waals surface area contributed by atoms with Crippen molar-refractivity contribution >= 4 is 11.6 Å². The molecule has 0 bridgehead atoms. The molecule has 2 aromatic rings. The predicted octanol–water partition coefficient (Wildman–Crippen LogP) is 6.33. The molecule has 1 fully saturated rings. The molecular formula is C40H52N2O9. The van der Waals surface area contributed by atoms with Gasteiger partial charge in [0.2, 0.25) is 12.6 Å². The lowest BCUT2D eigenvalue weighted by molar-refractivity contribution is -0.252. The van der Waals surface area contributed by atoms with Crippen molar-refractivity contribution < 1.29 is 43.9 Å². The maximum atomic E-state index is 14.5. The van der Waals surface area contributed by atoms with Gasteiger partial charge in [-0.05, 0) is 100 Å². The first kappa shape index (κ1) is 36.7. The number of phenols is 1. The molecule has 2 aliphatic heterocycles. The summed E-state index contributed by atoms with van der Waals surface area (Å²) >= 11 is 0. The SMILES string of the molecule is C=CCO[C@@]12Oc3ccc(O)cc3[C@H]3[C@H](CCCCO)[C@@H](CCCCO)C=C(C(=NOC(C)(C)C)C[C@@H]1N(C)C(=O)c1ccc4c(c1)OCO4)[C@H]32. The molecule has 276 valence electrons. The average molecular weight is 705 g/mol. The fourth-order valence-electron chi connectivity index (χ4n) is 8.30. The van der Waals surface area contributed by atoms with E-state index in [4.69, 9.17) is 28.9 Å². The Morgan fingerprint density at radius 2 is 1.76 bits per heavy atom. The number of carbonyl (C=O) groups is 1. The van der Waals surface area contributed by atoms with Gasteiger partial charge in [0.25, 0.3) is 5.91 Å². The van der Waals surface area contributed by atoms with Crippen LogP contribution in [0.1, 0.15) is 87.6 Å². The van der Waals surface area contributed by atoms with Crippen LogP contribution in [0.15, 0.2) is 65.9 Å². The third-order valence-electron chi connectivity index (χ3n) is 10.5. The Morgan fingerprint density at radius 3 is 2.49 bits per heavy atom. The van der Waals surface area contributed by atoms with Gasteiger partial charge < -0.3 is 44.0 Å². The van der Waals surface area contributed by atoms with Crippen LogP contribution < -0.4 is 14.2 Å². The number of amides is 1. The quantitative estimate of drug-likeness (QED) is 0.117. The molecule has 6 atom stereocenters. The van der Waals surface area contributed by atoms with Crippen molar-refractivity contribution in [3.8, 4) is 23.0 Å². The van der Waals surface area contributed by atoms with Crippen LogP contribution in [0.25, 0.3) is 0 Å². The number of oxime groups is 1. The second-order valence-corrected chi connectivity index (χ2v) is 15.0. The van der Waals surface area contributed by atoms with Crippen LogP contribution >= 0.6 is 0 Å². The van der Waals surface area contributed by atoms with E-state index in [9.17, 15) is 20.1 Å². The van der Waals surface area contributed by atoms with Gasteiger partial charge in [-0.2, -0.15) is 0 Å². The number of unbranched alkanes of at least 4 members (excludes halogenated alkanes) is 2. The molecule has 4 aliphatic rings. The Bertz CT molecular complexity index is 1650. The van der Waals surface area contributed by atoms with Gasteiger partial charge in [-0.25, -0.2) is 0 Å². The van der Waals surface area contributed by atoms with Gasteiger partial charge in [-0.15, -0.1) is 6.58 Å². The number of allylic oxidation sites excluding steroid dienone is 1. The first-order chi connectivity index (χ1) is 24.5. The number of phenolic OH excluding ortho intramolecular Hbond substituents is 1. The largest absolute Gasteiger partial charge is 0.508 e. The minimum atomic E-state index is -1.37. The van der Waals surface area contributed by atoms with Crippen molar-refractivity contribution in [1.82, 2.24) is 4.90 Å². The standard InChI is InChI=1S/C40H52N2O9/c1-6-19-49-40-35(42(5)38(46)26-13-15-33-34(21-26)48-24-47-33)23-31(41-51-39(2,3)4)29-20-25(11-7-9-17-43)28(12-8-10-18-44)36(37(29)40)30-22-27(45)14-16-32(30)50-40/h6,13-16,20-22,25,28,35-37,43-45H,1,7-12,17-19,23-24H2,2-5H3/t25-,28+,35-,36+,37+,40+/m0/s1. The molecule has 2 aliphatic carbocycles. The summed E-state index contributed by atoms with van der Waals surface area (Å²) in [7, 11) is 1.76. The number of hydrogen-bond donors (Lipinski definition) is 3.